The van der Waals surface area contributed by atoms with Gasteiger partial charge in [0.1, 0.15) is 5.67 Å². The monoisotopic (exact) mass is 250 g/mol. The normalized spacial score (nSPS) is 39.2. The highest BCUT2D eigenvalue weighted by Crippen LogP contribution is 2.41. The highest BCUT2D eigenvalue weighted by molar-refractivity contribution is 9.10. The Hall–Kier alpha value is 0.135. The molecule has 0 amide bonds. The molecular formula is C8H13BBrFO2. The van der Waals surface area contributed by atoms with Crippen LogP contribution in [-0.4, -0.2) is 27.1 Å². The first-order valence-corrected chi connectivity index (χ1v) is 5.13. The lowest BCUT2D eigenvalue weighted by Gasteiger charge is -2.35. The summed E-state index contributed by atoms with van der Waals surface area (Å²) in [6, 6.07) is 0. The van der Waals surface area contributed by atoms with Crippen molar-refractivity contribution in [3.8, 4) is 0 Å². The first-order valence-electron chi connectivity index (χ1n) is 4.33. The fourth-order valence-corrected chi connectivity index (χ4v) is 2.22. The van der Waals surface area contributed by atoms with E-state index in [1.165, 1.54) is 0 Å². The van der Waals surface area contributed by atoms with Crippen molar-refractivity contribution < 1.29 is 14.4 Å². The maximum Gasteiger partial charge on any atom is 0.473 e. The standard InChI is InChI=1S/C8H13BBrFO2/c1-2-7(11)4-3-5-8(10,6-7)9(12)13/h3,5,12-13H,2,4,6H2,1H3. The predicted molar refractivity (Wildman–Crippen MR) is 54.4 cm³/mol. The van der Waals surface area contributed by atoms with Gasteiger partial charge in [0.15, 0.2) is 0 Å². The Morgan fingerprint density at radius 2 is 2.23 bits per heavy atom. The Morgan fingerprint density at radius 1 is 1.62 bits per heavy atom. The second kappa shape index (κ2) is 3.71. The van der Waals surface area contributed by atoms with Crippen molar-refractivity contribution in [1.82, 2.24) is 0 Å². The highest BCUT2D eigenvalue weighted by Gasteiger charge is 2.46. The largest absolute Gasteiger partial charge is 0.473 e. The second-order valence-electron chi connectivity index (χ2n) is 3.59. The van der Waals surface area contributed by atoms with Gasteiger partial charge < -0.3 is 10.0 Å². The van der Waals surface area contributed by atoms with Crippen LogP contribution in [-0.2, 0) is 0 Å². The van der Waals surface area contributed by atoms with Gasteiger partial charge in [-0.2, -0.15) is 0 Å². The summed E-state index contributed by atoms with van der Waals surface area (Å²) in [5.74, 6) is 0. The fourth-order valence-electron chi connectivity index (χ4n) is 1.53. The van der Waals surface area contributed by atoms with E-state index in [1.807, 2.05) is 0 Å². The molecule has 5 heteroatoms. The van der Waals surface area contributed by atoms with Crippen molar-refractivity contribution in [2.45, 2.75) is 36.1 Å². The SMILES string of the molecule is CCC1(F)CC=CC(Br)(B(O)O)C1. The molecule has 0 saturated carbocycles. The Balaban J connectivity index is 2.82. The molecule has 0 heterocycles. The van der Waals surface area contributed by atoms with Gasteiger partial charge in [0.25, 0.3) is 0 Å². The molecule has 0 aliphatic heterocycles. The first kappa shape index (κ1) is 11.2. The Labute approximate surface area is 86.1 Å². The summed E-state index contributed by atoms with van der Waals surface area (Å²) in [7, 11) is -1.56. The minimum atomic E-state index is -1.56. The summed E-state index contributed by atoms with van der Waals surface area (Å²) < 4.78 is 12.8. The maximum absolute atomic E-state index is 13.9. The Kier molecular flexibility index (Phi) is 3.20. The van der Waals surface area contributed by atoms with Crippen molar-refractivity contribution in [2.24, 2.45) is 0 Å². The van der Waals surface area contributed by atoms with E-state index in [0.717, 1.165) is 0 Å². The predicted octanol–water partition coefficient (Wildman–Crippen LogP) is 1.60. The molecule has 2 nitrogen and oxygen atoms in total. The number of allylic oxidation sites excluding steroid dienone is 2. The van der Waals surface area contributed by atoms with Crippen LogP contribution in [0.4, 0.5) is 4.39 Å². The van der Waals surface area contributed by atoms with Gasteiger partial charge in [0.2, 0.25) is 0 Å². The molecule has 0 spiro atoms. The summed E-state index contributed by atoms with van der Waals surface area (Å²) in [6.45, 7) is 1.76. The molecule has 2 N–H and O–H groups in total. The smallest absolute Gasteiger partial charge is 0.426 e. The third kappa shape index (κ3) is 2.33. The van der Waals surface area contributed by atoms with Gasteiger partial charge in [-0.15, -0.1) is 0 Å². The van der Waals surface area contributed by atoms with Crippen molar-refractivity contribution >= 4 is 23.0 Å². The lowest BCUT2D eigenvalue weighted by atomic mass is 9.64. The lowest BCUT2D eigenvalue weighted by Crippen LogP contribution is -2.46. The van der Waals surface area contributed by atoms with Crippen LogP contribution in [0.2, 0.25) is 0 Å². The first-order chi connectivity index (χ1) is 5.92. The average molecular weight is 251 g/mol. The third-order valence-electron chi connectivity index (χ3n) is 2.53. The van der Waals surface area contributed by atoms with Crippen molar-refractivity contribution in [2.75, 3.05) is 0 Å². The zero-order valence-electron chi connectivity index (χ0n) is 7.50. The molecule has 2 unspecified atom stereocenters. The molecule has 74 valence electrons. The van der Waals surface area contributed by atoms with Crippen LogP contribution < -0.4 is 0 Å². The molecule has 0 aromatic heterocycles. The van der Waals surface area contributed by atoms with E-state index < -0.39 is 17.0 Å². The molecule has 2 atom stereocenters. The molecule has 0 aromatic carbocycles. The van der Waals surface area contributed by atoms with Crippen LogP contribution in [0, 0.1) is 0 Å². The van der Waals surface area contributed by atoms with Crippen LogP contribution >= 0.6 is 15.9 Å². The zero-order valence-corrected chi connectivity index (χ0v) is 9.09. The van der Waals surface area contributed by atoms with Crippen LogP contribution in [0.5, 0.6) is 0 Å². The minimum absolute atomic E-state index is 0.102. The van der Waals surface area contributed by atoms with Crippen LogP contribution in [0.25, 0.3) is 0 Å². The van der Waals surface area contributed by atoms with Crippen LogP contribution in [0.3, 0.4) is 0 Å². The van der Waals surface area contributed by atoms with E-state index in [1.54, 1.807) is 19.1 Å². The topological polar surface area (TPSA) is 40.5 Å². The van der Waals surface area contributed by atoms with E-state index >= 15 is 0 Å². The number of rotatable bonds is 2. The maximum atomic E-state index is 13.9. The van der Waals surface area contributed by atoms with E-state index in [4.69, 9.17) is 10.0 Å². The molecule has 0 aromatic rings. The number of hydrogen-bond acceptors (Lipinski definition) is 2. The van der Waals surface area contributed by atoms with E-state index in [9.17, 15) is 4.39 Å². The molecule has 1 rings (SSSR count). The Morgan fingerprint density at radius 3 is 2.69 bits per heavy atom. The summed E-state index contributed by atoms with van der Waals surface area (Å²) in [5.41, 5.74) is -1.32. The van der Waals surface area contributed by atoms with Gasteiger partial charge in [-0.3, -0.25) is 0 Å². The van der Waals surface area contributed by atoms with Gasteiger partial charge in [-0.25, -0.2) is 4.39 Å². The number of halogens is 2. The molecule has 0 bridgehead atoms. The summed E-state index contributed by atoms with van der Waals surface area (Å²) in [6.07, 6.45) is 4.11. The molecule has 0 fully saturated rings. The van der Waals surface area contributed by atoms with Crippen LogP contribution in [0.1, 0.15) is 26.2 Å². The van der Waals surface area contributed by atoms with E-state index in [2.05, 4.69) is 15.9 Å². The number of alkyl halides is 2. The van der Waals surface area contributed by atoms with Gasteiger partial charge in [0.05, 0.1) is 4.22 Å². The summed E-state index contributed by atoms with van der Waals surface area (Å²) >= 11 is 3.15. The minimum Gasteiger partial charge on any atom is -0.426 e. The second-order valence-corrected chi connectivity index (χ2v) is 5.06. The molecule has 1 aliphatic carbocycles. The quantitative estimate of drug-likeness (QED) is 0.444. The lowest BCUT2D eigenvalue weighted by molar-refractivity contribution is 0.135. The molecule has 0 radical (unpaired) electrons. The van der Waals surface area contributed by atoms with Gasteiger partial charge >= 0.3 is 7.12 Å². The van der Waals surface area contributed by atoms with Gasteiger partial charge in [-0.1, -0.05) is 35.0 Å². The zero-order chi connectivity index (χ0) is 10.1. The average Bonchev–Trinajstić information content (AvgIpc) is 2.04. The summed E-state index contributed by atoms with van der Waals surface area (Å²) in [5, 5.41) is 18.1. The Bertz CT molecular complexity index is 224. The number of hydrogen-bond donors (Lipinski definition) is 2. The van der Waals surface area contributed by atoms with Crippen molar-refractivity contribution in [3.05, 3.63) is 12.2 Å². The van der Waals surface area contributed by atoms with Crippen molar-refractivity contribution in [3.63, 3.8) is 0 Å². The molecular weight excluding hydrogens is 238 g/mol. The molecule has 0 saturated heterocycles. The third-order valence-corrected chi connectivity index (χ3v) is 3.48. The molecule has 1 aliphatic rings. The van der Waals surface area contributed by atoms with E-state index in [0.29, 0.717) is 12.8 Å². The highest BCUT2D eigenvalue weighted by atomic mass is 79.9. The van der Waals surface area contributed by atoms with Crippen molar-refractivity contribution in [1.29, 1.82) is 0 Å². The van der Waals surface area contributed by atoms with Crippen LogP contribution in [0.15, 0.2) is 12.2 Å². The van der Waals surface area contributed by atoms with Gasteiger partial charge in [0, 0.05) is 0 Å². The van der Waals surface area contributed by atoms with Gasteiger partial charge in [-0.05, 0) is 19.3 Å². The fraction of sp³-hybridized carbons (Fsp3) is 0.750. The summed E-state index contributed by atoms with van der Waals surface area (Å²) in [4.78, 5) is 0. The van der Waals surface area contributed by atoms with E-state index in [-0.39, 0.29) is 6.42 Å². The molecule has 13 heavy (non-hydrogen) atoms.